The largest absolute Gasteiger partial charge is 0.496 e. The number of nitrogens with one attached hydrogen (secondary N) is 1. The smallest absolute Gasteiger partial charge is 0.356 e. The number of fused-ring (bicyclic) bond motifs is 1. The molecule has 6 nitrogen and oxygen atoms in total. The van der Waals surface area contributed by atoms with E-state index < -0.39 is 5.97 Å². The maximum atomic E-state index is 11.0. The molecule has 3 aromatic rings. The molecule has 0 aliphatic rings. The van der Waals surface area contributed by atoms with E-state index >= 15 is 0 Å². The van der Waals surface area contributed by atoms with E-state index in [9.17, 15) is 4.79 Å². The molecule has 0 unspecified atom stereocenters. The lowest BCUT2D eigenvalue weighted by molar-refractivity contribution is 0.0689. The number of aryl methyl sites for hydroxylation is 1. The fourth-order valence-corrected chi connectivity index (χ4v) is 2.27. The molecule has 0 fully saturated rings. The number of benzene rings is 1. The Hall–Kier alpha value is -2.76. The molecule has 102 valence electrons. The Morgan fingerprint density at radius 3 is 2.85 bits per heavy atom. The number of aromatic amines is 1. The number of methoxy groups -OCH3 is 1. The summed E-state index contributed by atoms with van der Waals surface area (Å²) in [4.78, 5) is 14.1. The first kappa shape index (κ1) is 12.3. The minimum absolute atomic E-state index is 0.0103. The summed E-state index contributed by atoms with van der Waals surface area (Å²) in [5.74, 6) is -0.371. The molecule has 3 rings (SSSR count). The minimum Gasteiger partial charge on any atom is -0.496 e. The standard InChI is InChI=1S/C14H13N3O3/c1-17-12(7-11(16-17)14(18)19)9-6-10-8(3-4-15-10)5-13(9)20-2/h3-7,15H,1-2H3,(H,18,19). The molecular formula is C14H13N3O3. The molecule has 0 bridgehead atoms. The molecule has 6 heteroatoms. The summed E-state index contributed by atoms with van der Waals surface area (Å²) in [6.45, 7) is 0. The number of rotatable bonds is 3. The zero-order valence-corrected chi connectivity index (χ0v) is 11.0. The van der Waals surface area contributed by atoms with Gasteiger partial charge in [0.1, 0.15) is 5.75 Å². The number of carbonyl (C=O) groups is 1. The molecule has 0 spiro atoms. The topological polar surface area (TPSA) is 80.1 Å². The van der Waals surface area contributed by atoms with E-state index in [2.05, 4.69) is 10.1 Å². The van der Waals surface area contributed by atoms with Crippen molar-refractivity contribution >= 4 is 16.9 Å². The fraction of sp³-hybridized carbons (Fsp3) is 0.143. The molecule has 0 saturated heterocycles. The number of hydrogen-bond acceptors (Lipinski definition) is 3. The summed E-state index contributed by atoms with van der Waals surface area (Å²) in [5.41, 5.74) is 2.45. The van der Waals surface area contributed by atoms with Crippen LogP contribution in [0.3, 0.4) is 0 Å². The first-order valence-corrected chi connectivity index (χ1v) is 6.03. The lowest BCUT2D eigenvalue weighted by Crippen LogP contribution is -1.99. The Kier molecular flexibility index (Phi) is 2.71. The highest BCUT2D eigenvalue weighted by Crippen LogP contribution is 2.33. The van der Waals surface area contributed by atoms with Crippen molar-refractivity contribution in [3.05, 3.63) is 36.2 Å². The number of hydrogen-bond donors (Lipinski definition) is 2. The molecule has 2 aromatic heterocycles. The zero-order chi connectivity index (χ0) is 14.3. The third-order valence-corrected chi connectivity index (χ3v) is 3.25. The highest BCUT2D eigenvalue weighted by atomic mass is 16.5. The van der Waals surface area contributed by atoms with Crippen molar-refractivity contribution < 1.29 is 14.6 Å². The first-order chi connectivity index (χ1) is 9.60. The minimum atomic E-state index is -1.05. The molecular weight excluding hydrogens is 258 g/mol. The Balaban J connectivity index is 2.24. The maximum absolute atomic E-state index is 11.0. The lowest BCUT2D eigenvalue weighted by Gasteiger charge is -2.09. The van der Waals surface area contributed by atoms with Crippen molar-refractivity contribution in [2.75, 3.05) is 7.11 Å². The van der Waals surface area contributed by atoms with Gasteiger partial charge in [-0.25, -0.2) is 4.79 Å². The zero-order valence-electron chi connectivity index (χ0n) is 11.0. The Bertz CT molecular complexity index is 801. The first-order valence-electron chi connectivity index (χ1n) is 6.03. The van der Waals surface area contributed by atoms with Crippen LogP contribution in [0.25, 0.3) is 22.2 Å². The summed E-state index contributed by atoms with van der Waals surface area (Å²) < 4.78 is 6.94. The van der Waals surface area contributed by atoms with Gasteiger partial charge in [0.05, 0.1) is 12.8 Å². The van der Waals surface area contributed by atoms with Gasteiger partial charge in [0.15, 0.2) is 5.69 Å². The average molecular weight is 271 g/mol. The second-order valence-corrected chi connectivity index (χ2v) is 4.46. The van der Waals surface area contributed by atoms with Gasteiger partial charge in [0, 0.05) is 29.7 Å². The summed E-state index contributed by atoms with van der Waals surface area (Å²) >= 11 is 0. The van der Waals surface area contributed by atoms with Gasteiger partial charge in [0.25, 0.3) is 0 Å². The van der Waals surface area contributed by atoms with Crippen LogP contribution < -0.4 is 4.74 Å². The normalized spacial score (nSPS) is 10.9. The van der Waals surface area contributed by atoms with E-state index in [0.29, 0.717) is 11.4 Å². The Labute approximate surface area is 114 Å². The molecule has 0 atom stereocenters. The number of aromatic carboxylic acids is 1. The van der Waals surface area contributed by atoms with Gasteiger partial charge < -0.3 is 14.8 Å². The summed E-state index contributed by atoms with van der Waals surface area (Å²) in [6.07, 6.45) is 1.85. The quantitative estimate of drug-likeness (QED) is 0.765. The van der Waals surface area contributed by atoms with Crippen LogP contribution in [-0.2, 0) is 7.05 Å². The molecule has 0 amide bonds. The number of nitrogens with zero attached hydrogens (tertiary/aromatic N) is 2. The van der Waals surface area contributed by atoms with E-state index in [-0.39, 0.29) is 5.69 Å². The predicted molar refractivity (Wildman–Crippen MR) is 74.0 cm³/mol. The molecule has 2 heterocycles. The SMILES string of the molecule is COc1cc2cc[nH]c2cc1-c1cc(C(=O)O)nn1C. The van der Waals surface area contributed by atoms with Gasteiger partial charge in [-0.1, -0.05) is 0 Å². The van der Waals surface area contributed by atoms with E-state index in [1.807, 2.05) is 24.4 Å². The van der Waals surface area contributed by atoms with Crippen molar-refractivity contribution in [1.29, 1.82) is 0 Å². The van der Waals surface area contributed by atoms with Crippen LogP contribution in [-0.4, -0.2) is 33.0 Å². The molecule has 0 saturated carbocycles. The third kappa shape index (κ3) is 1.82. The fourth-order valence-electron chi connectivity index (χ4n) is 2.27. The highest BCUT2D eigenvalue weighted by molar-refractivity contribution is 5.90. The van der Waals surface area contributed by atoms with Crippen molar-refractivity contribution in [2.45, 2.75) is 0 Å². The van der Waals surface area contributed by atoms with Crippen molar-refractivity contribution in [2.24, 2.45) is 7.05 Å². The Morgan fingerprint density at radius 1 is 1.40 bits per heavy atom. The number of carboxylic acids is 1. The van der Waals surface area contributed by atoms with Crippen molar-refractivity contribution in [1.82, 2.24) is 14.8 Å². The number of ether oxygens (including phenoxy) is 1. The molecule has 0 radical (unpaired) electrons. The molecule has 1 aromatic carbocycles. The van der Waals surface area contributed by atoms with Crippen LogP contribution >= 0.6 is 0 Å². The second-order valence-electron chi connectivity index (χ2n) is 4.46. The van der Waals surface area contributed by atoms with Gasteiger partial charge in [-0.15, -0.1) is 0 Å². The van der Waals surface area contributed by atoms with Gasteiger partial charge in [-0.3, -0.25) is 4.68 Å². The molecule has 2 N–H and O–H groups in total. The third-order valence-electron chi connectivity index (χ3n) is 3.25. The van der Waals surface area contributed by atoms with Crippen LogP contribution in [0.5, 0.6) is 5.75 Å². The van der Waals surface area contributed by atoms with Crippen molar-refractivity contribution in [3.8, 4) is 17.0 Å². The molecule has 0 aliphatic heterocycles. The molecule has 20 heavy (non-hydrogen) atoms. The maximum Gasteiger partial charge on any atom is 0.356 e. The monoisotopic (exact) mass is 271 g/mol. The van der Waals surface area contributed by atoms with Crippen LogP contribution in [0.2, 0.25) is 0 Å². The summed E-state index contributed by atoms with van der Waals surface area (Å²) in [6, 6.07) is 7.33. The highest BCUT2D eigenvalue weighted by Gasteiger charge is 2.16. The Morgan fingerprint density at radius 2 is 2.20 bits per heavy atom. The summed E-state index contributed by atoms with van der Waals surface area (Å²) in [5, 5.41) is 14.0. The van der Waals surface area contributed by atoms with Crippen LogP contribution in [0.15, 0.2) is 30.5 Å². The van der Waals surface area contributed by atoms with Gasteiger partial charge in [0.2, 0.25) is 0 Å². The summed E-state index contributed by atoms with van der Waals surface area (Å²) in [7, 11) is 3.30. The van der Waals surface area contributed by atoms with Crippen LogP contribution in [0.4, 0.5) is 0 Å². The van der Waals surface area contributed by atoms with Crippen LogP contribution in [0.1, 0.15) is 10.5 Å². The predicted octanol–water partition coefficient (Wildman–Crippen LogP) is 2.28. The van der Waals surface area contributed by atoms with E-state index in [1.54, 1.807) is 14.2 Å². The van der Waals surface area contributed by atoms with Gasteiger partial charge in [-0.2, -0.15) is 5.10 Å². The molecule has 0 aliphatic carbocycles. The van der Waals surface area contributed by atoms with E-state index in [1.165, 1.54) is 10.7 Å². The van der Waals surface area contributed by atoms with Gasteiger partial charge >= 0.3 is 5.97 Å². The van der Waals surface area contributed by atoms with Crippen molar-refractivity contribution in [3.63, 3.8) is 0 Å². The van der Waals surface area contributed by atoms with Gasteiger partial charge in [-0.05, 0) is 24.3 Å². The van der Waals surface area contributed by atoms with E-state index in [0.717, 1.165) is 16.5 Å². The number of carboxylic acid groups (broad SMARTS) is 1. The van der Waals surface area contributed by atoms with Crippen LogP contribution in [0, 0.1) is 0 Å². The lowest BCUT2D eigenvalue weighted by atomic mass is 10.1. The number of H-pyrrole nitrogens is 1. The number of aromatic nitrogens is 3. The second kappa shape index (κ2) is 4.41. The average Bonchev–Trinajstić information content (AvgIpc) is 3.02. The van der Waals surface area contributed by atoms with E-state index in [4.69, 9.17) is 9.84 Å².